The predicted octanol–water partition coefficient (Wildman–Crippen LogP) is 3.25. The molecule has 2 heterocycles. The van der Waals surface area contributed by atoms with Gasteiger partial charge in [0.2, 0.25) is 0 Å². The Labute approximate surface area is 96.8 Å². The molecule has 16 heavy (non-hydrogen) atoms. The zero-order chi connectivity index (χ0) is 11.8. The first-order valence-electron chi connectivity index (χ1n) is 4.21. The van der Waals surface area contributed by atoms with Crippen LogP contribution >= 0.6 is 15.9 Å². The lowest BCUT2D eigenvalue weighted by atomic mass is 10.2. The molecule has 0 aromatic carbocycles. The normalized spacial score (nSPS) is 11.8. The molecule has 0 aliphatic rings. The Morgan fingerprint density at radius 3 is 2.31 bits per heavy atom. The summed E-state index contributed by atoms with van der Waals surface area (Å²) < 4.78 is 37.3. The summed E-state index contributed by atoms with van der Waals surface area (Å²) in [5.74, 6) is 0. The van der Waals surface area contributed by atoms with Gasteiger partial charge in [-0.2, -0.15) is 18.3 Å². The number of H-pyrrole nitrogens is 1. The van der Waals surface area contributed by atoms with Crippen molar-refractivity contribution in [1.82, 2.24) is 15.2 Å². The lowest BCUT2D eigenvalue weighted by Gasteiger charge is -2.03. The molecule has 0 spiro atoms. The molecular weight excluding hydrogens is 287 g/mol. The van der Waals surface area contributed by atoms with Gasteiger partial charge >= 0.3 is 6.18 Å². The second-order valence-corrected chi connectivity index (χ2v) is 3.79. The highest BCUT2D eigenvalue weighted by atomic mass is 79.9. The number of rotatable bonds is 1. The number of alkyl halides is 3. The molecule has 0 unspecified atom stereocenters. The molecule has 0 fully saturated rings. The standard InChI is InChI=1S/C9H5BrF3N3/c10-6-7(5-1-3-14-4-2-5)15-16-8(6)9(11,12)13/h1-4H,(H,15,16). The Morgan fingerprint density at radius 2 is 1.81 bits per heavy atom. The van der Waals surface area contributed by atoms with Crippen LogP contribution in [-0.4, -0.2) is 15.2 Å². The van der Waals surface area contributed by atoms with Crippen molar-refractivity contribution in [2.45, 2.75) is 6.18 Å². The lowest BCUT2D eigenvalue weighted by Crippen LogP contribution is -2.06. The summed E-state index contributed by atoms with van der Waals surface area (Å²) in [6, 6.07) is 3.17. The van der Waals surface area contributed by atoms with Crippen molar-refractivity contribution in [2.75, 3.05) is 0 Å². The summed E-state index contributed by atoms with van der Waals surface area (Å²) in [6.07, 6.45) is -1.47. The van der Waals surface area contributed by atoms with Crippen molar-refractivity contribution < 1.29 is 13.2 Å². The lowest BCUT2D eigenvalue weighted by molar-refractivity contribution is -0.141. The van der Waals surface area contributed by atoms with Gasteiger partial charge in [0.05, 0.1) is 4.47 Å². The minimum Gasteiger partial charge on any atom is -0.272 e. The highest BCUT2D eigenvalue weighted by molar-refractivity contribution is 9.10. The molecule has 2 rings (SSSR count). The number of pyridine rings is 1. The number of nitrogens with zero attached hydrogens (tertiary/aromatic N) is 2. The SMILES string of the molecule is FC(F)(F)c1[nH]nc(-c2ccncc2)c1Br. The van der Waals surface area contributed by atoms with E-state index in [-0.39, 0.29) is 10.2 Å². The molecule has 3 nitrogen and oxygen atoms in total. The summed E-state index contributed by atoms with van der Waals surface area (Å²) >= 11 is 2.89. The quantitative estimate of drug-likeness (QED) is 0.876. The molecule has 1 N–H and O–H groups in total. The van der Waals surface area contributed by atoms with Crippen molar-refractivity contribution in [2.24, 2.45) is 0 Å². The molecule has 0 aliphatic carbocycles. The van der Waals surface area contributed by atoms with Crippen LogP contribution in [-0.2, 0) is 6.18 Å². The fourth-order valence-corrected chi connectivity index (χ4v) is 1.85. The monoisotopic (exact) mass is 291 g/mol. The number of nitrogens with one attached hydrogen (secondary N) is 1. The average molecular weight is 292 g/mol. The maximum atomic E-state index is 12.5. The molecule has 2 aromatic rings. The first-order chi connectivity index (χ1) is 7.50. The molecule has 2 aromatic heterocycles. The Balaban J connectivity index is 2.50. The molecule has 0 radical (unpaired) electrons. The summed E-state index contributed by atoms with van der Waals surface area (Å²) in [5.41, 5.74) is -0.109. The van der Waals surface area contributed by atoms with E-state index in [1.54, 1.807) is 12.1 Å². The van der Waals surface area contributed by atoms with Gasteiger partial charge in [-0.15, -0.1) is 0 Å². The Morgan fingerprint density at radius 1 is 1.19 bits per heavy atom. The smallest absolute Gasteiger partial charge is 0.272 e. The van der Waals surface area contributed by atoms with E-state index < -0.39 is 11.9 Å². The van der Waals surface area contributed by atoms with Gasteiger partial charge in [0, 0.05) is 18.0 Å². The highest BCUT2D eigenvalue weighted by Gasteiger charge is 2.36. The fraction of sp³-hybridized carbons (Fsp3) is 0.111. The maximum absolute atomic E-state index is 12.5. The van der Waals surface area contributed by atoms with E-state index >= 15 is 0 Å². The van der Waals surface area contributed by atoms with Crippen LogP contribution in [0.3, 0.4) is 0 Å². The van der Waals surface area contributed by atoms with Gasteiger partial charge in [-0.05, 0) is 28.1 Å². The predicted molar refractivity (Wildman–Crippen MR) is 54.5 cm³/mol. The number of aromatic amines is 1. The topological polar surface area (TPSA) is 41.6 Å². The number of hydrogen-bond donors (Lipinski definition) is 1. The third-order valence-corrected chi connectivity index (χ3v) is 2.72. The molecule has 0 bridgehead atoms. The van der Waals surface area contributed by atoms with Crippen molar-refractivity contribution in [1.29, 1.82) is 0 Å². The second kappa shape index (κ2) is 3.89. The summed E-state index contributed by atoms with van der Waals surface area (Å²) in [7, 11) is 0. The van der Waals surface area contributed by atoms with Gasteiger partial charge in [-0.1, -0.05) is 0 Å². The summed E-state index contributed by atoms with van der Waals surface area (Å²) in [6.45, 7) is 0. The van der Waals surface area contributed by atoms with E-state index in [1.807, 2.05) is 5.10 Å². The van der Waals surface area contributed by atoms with Crippen LogP contribution in [0.5, 0.6) is 0 Å². The van der Waals surface area contributed by atoms with E-state index in [9.17, 15) is 13.2 Å². The second-order valence-electron chi connectivity index (χ2n) is 2.99. The van der Waals surface area contributed by atoms with Crippen LogP contribution in [0.1, 0.15) is 5.69 Å². The van der Waals surface area contributed by atoms with Crippen LogP contribution < -0.4 is 0 Å². The van der Waals surface area contributed by atoms with Crippen LogP contribution in [0, 0.1) is 0 Å². The van der Waals surface area contributed by atoms with Crippen molar-refractivity contribution in [3.05, 3.63) is 34.7 Å². The van der Waals surface area contributed by atoms with E-state index in [1.165, 1.54) is 12.4 Å². The summed E-state index contributed by atoms with van der Waals surface area (Å²) in [5, 5.41) is 5.60. The van der Waals surface area contributed by atoms with E-state index in [2.05, 4.69) is 26.0 Å². The summed E-state index contributed by atoms with van der Waals surface area (Å²) in [4.78, 5) is 3.78. The van der Waals surface area contributed by atoms with Crippen LogP contribution in [0.25, 0.3) is 11.3 Å². The number of aromatic nitrogens is 3. The molecule has 0 atom stereocenters. The Hall–Kier alpha value is -1.37. The van der Waals surface area contributed by atoms with Crippen LogP contribution in [0.2, 0.25) is 0 Å². The third kappa shape index (κ3) is 1.95. The fourth-order valence-electron chi connectivity index (χ4n) is 1.22. The molecule has 0 aliphatic heterocycles. The van der Waals surface area contributed by atoms with Gasteiger partial charge in [-0.3, -0.25) is 10.1 Å². The Kier molecular flexibility index (Phi) is 2.71. The first-order valence-corrected chi connectivity index (χ1v) is 5.01. The van der Waals surface area contributed by atoms with Gasteiger partial charge in [-0.25, -0.2) is 0 Å². The zero-order valence-corrected chi connectivity index (χ0v) is 9.30. The van der Waals surface area contributed by atoms with Gasteiger partial charge in [0.25, 0.3) is 0 Å². The minimum atomic E-state index is -4.45. The van der Waals surface area contributed by atoms with Gasteiger partial charge in [0.15, 0.2) is 5.69 Å². The van der Waals surface area contributed by atoms with E-state index in [0.717, 1.165) is 0 Å². The molecule has 0 saturated heterocycles. The van der Waals surface area contributed by atoms with E-state index in [0.29, 0.717) is 5.56 Å². The van der Waals surface area contributed by atoms with Gasteiger partial charge < -0.3 is 0 Å². The average Bonchev–Trinajstić information content (AvgIpc) is 2.61. The third-order valence-electron chi connectivity index (χ3n) is 1.94. The maximum Gasteiger partial charge on any atom is 0.433 e. The molecule has 7 heteroatoms. The van der Waals surface area contributed by atoms with Crippen molar-refractivity contribution in [3.8, 4) is 11.3 Å². The highest BCUT2D eigenvalue weighted by Crippen LogP contribution is 2.37. The molecular formula is C9H5BrF3N3. The Bertz CT molecular complexity index is 492. The number of halogens is 4. The van der Waals surface area contributed by atoms with Gasteiger partial charge in [0.1, 0.15) is 5.69 Å². The first kappa shape index (κ1) is 11.1. The van der Waals surface area contributed by atoms with Crippen LogP contribution in [0.4, 0.5) is 13.2 Å². The van der Waals surface area contributed by atoms with E-state index in [4.69, 9.17) is 0 Å². The molecule has 0 saturated carbocycles. The van der Waals surface area contributed by atoms with Crippen molar-refractivity contribution in [3.63, 3.8) is 0 Å². The largest absolute Gasteiger partial charge is 0.433 e. The zero-order valence-electron chi connectivity index (χ0n) is 7.72. The van der Waals surface area contributed by atoms with Crippen LogP contribution in [0.15, 0.2) is 29.0 Å². The molecule has 0 amide bonds. The van der Waals surface area contributed by atoms with Crippen molar-refractivity contribution >= 4 is 15.9 Å². The number of hydrogen-bond acceptors (Lipinski definition) is 2. The minimum absolute atomic E-state index is 0.0915. The molecule has 84 valence electrons.